The Labute approximate surface area is 199 Å². The number of carbonyl (C=O) groups is 2. The smallest absolute Gasteiger partial charge is 0.295 e. The summed E-state index contributed by atoms with van der Waals surface area (Å²) in [5.74, 6) is -1.37. The Balaban J connectivity index is 1.70. The molecular weight excluding hydrogens is 440 g/mol. The van der Waals surface area contributed by atoms with Crippen LogP contribution < -0.4 is 0 Å². The lowest BCUT2D eigenvalue weighted by Gasteiger charge is -2.29. The van der Waals surface area contributed by atoms with Crippen molar-refractivity contribution >= 4 is 29.1 Å². The Hall–Kier alpha value is -2.67. The van der Waals surface area contributed by atoms with Crippen molar-refractivity contribution in [3.05, 3.63) is 75.3 Å². The minimum Gasteiger partial charge on any atom is -0.507 e. The molecule has 1 unspecified atom stereocenters. The van der Waals surface area contributed by atoms with Gasteiger partial charge in [0.1, 0.15) is 5.76 Å². The Morgan fingerprint density at radius 1 is 1.06 bits per heavy atom. The van der Waals surface area contributed by atoms with Gasteiger partial charge in [-0.15, -0.1) is 0 Å². The van der Waals surface area contributed by atoms with Crippen LogP contribution in [0.4, 0.5) is 0 Å². The van der Waals surface area contributed by atoms with Gasteiger partial charge in [-0.25, -0.2) is 0 Å². The first-order valence-electron chi connectivity index (χ1n) is 11.3. The number of halogens is 1. The van der Waals surface area contributed by atoms with Crippen molar-refractivity contribution in [2.75, 3.05) is 39.4 Å². The van der Waals surface area contributed by atoms with E-state index in [9.17, 15) is 14.7 Å². The summed E-state index contributed by atoms with van der Waals surface area (Å²) in [6.07, 6.45) is 0.723. The number of morpholine rings is 1. The molecule has 0 radical (unpaired) electrons. The number of rotatable bonds is 6. The number of aliphatic hydroxyl groups excluding tert-OH is 1. The quantitative estimate of drug-likeness (QED) is 0.392. The number of aryl methyl sites for hydroxylation is 2. The minimum absolute atomic E-state index is 0.127. The molecule has 7 heteroatoms. The van der Waals surface area contributed by atoms with Crippen LogP contribution in [0.15, 0.2) is 48.0 Å². The van der Waals surface area contributed by atoms with Gasteiger partial charge in [-0.3, -0.25) is 14.5 Å². The molecule has 174 valence electrons. The maximum Gasteiger partial charge on any atom is 0.295 e. The van der Waals surface area contributed by atoms with Gasteiger partial charge < -0.3 is 14.7 Å². The van der Waals surface area contributed by atoms with E-state index in [0.717, 1.165) is 42.7 Å². The molecule has 0 spiro atoms. The Kier molecular flexibility index (Phi) is 7.17. The van der Waals surface area contributed by atoms with Crippen LogP contribution in [0, 0.1) is 13.8 Å². The number of likely N-dealkylation sites (tertiary alicyclic amines) is 1. The van der Waals surface area contributed by atoms with E-state index in [-0.39, 0.29) is 11.3 Å². The molecule has 0 aromatic heterocycles. The SMILES string of the molecule is Cc1ccc(C)c(C(O)=C2C(=O)C(=O)N(CCCN3CCOCC3)C2c2ccc(Cl)cc2)c1. The summed E-state index contributed by atoms with van der Waals surface area (Å²) in [7, 11) is 0. The maximum absolute atomic E-state index is 13.2. The number of nitrogens with zero attached hydrogens (tertiary/aromatic N) is 2. The predicted octanol–water partition coefficient (Wildman–Crippen LogP) is 4.10. The number of Topliss-reactive ketones (excluding diaryl/α,β-unsaturated/α-hetero) is 1. The molecule has 2 aliphatic heterocycles. The first-order chi connectivity index (χ1) is 15.9. The van der Waals surface area contributed by atoms with Gasteiger partial charge in [0.05, 0.1) is 24.8 Å². The fourth-order valence-electron chi connectivity index (χ4n) is 4.53. The Morgan fingerprint density at radius 3 is 2.45 bits per heavy atom. The highest BCUT2D eigenvalue weighted by molar-refractivity contribution is 6.46. The van der Waals surface area contributed by atoms with Crippen LogP contribution in [-0.2, 0) is 14.3 Å². The number of amides is 1. The molecule has 0 aliphatic carbocycles. The van der Waals surface area contributed by atoms with Crippen molar-refractivity contribution in [3.63, 3.8) is 0 Å². The number of carbonyl (C=O) groups excluding carboxylic acids is 2. The van der Waals surface area contributed by atoms with Crippen LogP contribution in [0.25, 0.3) is 5.76 Å². The molecular formula is C26H29ClN2O4. The number of ketones is 1. The van der Waals surface area contributed by atoms with E-state index in [2.05, 4.69) is 4.90 Å². The van der Waals surface area contributed by atoms with Crippen molar-refractivity contribution in [2.24, 2.45) is 0 Å². The number of benzene rings is 2. The number of hydrogen-bond donors (Lipinski definition) is 1. The zero-order chi connectivity index (χ0) is 23.5. The average Bonchev–Trinajstić information content (AvgIpc) is 3.06. The third-order valence-corrected chi connectivity index (χ3v) is 6.60. The van der Waals surface area contributed by atoms with Gasteiger partial charge in [-0.1, -0.05) is 41.4 Å². The largest absolute Gasteiger partial charge is 0.507 e. The van der Waals surface area contributed by atoms with Crippen LogP contribution in [0.5, 0.6) is 0 Å². The number of hydrogen-bond acceptors (Lipinski definition) is 5. The second kappa shape index (κ2) is 10.1. The topological polar surface area (TPSA) is 70.1 Å². The zero-order valence-corrected chi connectivity index (χ0v) is 19.8. The molecule has 0 bridgehead atoms. The molecule has 0 saturated carbocycles. The lowest BCUT2D eigenvalue weighted by Crippen LogP contribution is -2.38. The van der Waals surface area contributed by atoms with Gasteiger partial charge in [0.25, 0.3) is 11.7 Å². The second-order valence-corrected chi connectivity index (χ2v) is 9.11. The van der Waals surface area contributed by atoms with Crippen LogP contribution in [0.1, 0.15) is 34.7 Å². The van der Waals surface area contributed by atoms with Crippen molar-refractivity contribution in [1.29, 1.82) is 0 Å². The summed E-state index contributed by atoms with van der Waals surface area (Å²) in [5.41, 5.74) is 3.25. The molecule has 2 saturated heterocycles. The van der Waals surface area contributed by atoms with Crippen molar-refractivity contribution in [2.45, 2.75) is 26.3 Å². The third kappa shape index (κ3) is 4.98. The first-order valence-corrected chi connectivity index (χ1v) is 11.7. The molecule has 1 amide bonds. The monoisotopic (exact) mass is 468 g/mol. The molecule has 6 nitrogen and oxygen atoms in total. The summed E-state index contributed by atoms with van der Waals surface area (Å²) in [6, 6.07) is 12.1. The van der Waals surface area contributed by atoms with Gasteiger partial charge in [0, 0.05) is 36.8 Å². The molecule has 2 aromatic carbocycles. The van der Waals surface area contributed by atoms with E-state index in [0.29, 0.717) is 30.3 Å². The van der Waals surface area contributed by atoms with E-state index < -0.39 is 17.7 Å². The van der Waals surface area contributed by atoms with Crippen LogP contribution in [-0.4, -0.2) is 66.0 Å². The fraction of sp³-hybridized carbons (Fsp3) is 0.385. The lowest BCUT2D eigenvalue weighted by atomic mass is 9.93. The molecule has 4 rings (SSSR count). The van der Waals surface area contributed by atoms with Crippen molar-refractivity contribution in [1.82, 2.24) is 9.80 Å². The standard InChI is InChI=1S/C26H29ClN2O4/c1-17-4-5-18(2)21(16-17)24(30)22-23(19-6-8-20(27)9-7-19)29(26(32)25(22)31)11-3-10-28-12-14-33-15-13-28/h4-9,16,23,30H,3,10-15H2,1-2H3. The molecule has 1 N–H and O–H groups in total. The van der Waals surface area contributed by atoms with E-state index in [4.69, 9.17) is 16.3 Å². The van der Waals surface area contributed by atoms with Crippen LogP contribution in [0.2, 0.25) is 5.02 Å². The molecule has 2 aromatic rings. The Bertz CT molecular complexity index is 1070. The molecule has 2 aliphatic rings. The van der Waals surface area contributed by atoms with Gasteiger partial charge in [0.2, 0.25) is 0 Å². The van der Waals surface area contributed by atoms with Gasteiger partial charge in [0.15, 0.2) is 0 Å². The van der Waals surface area contributed by atoms with Crippen LogP contribution in [0.3, 0.4) is 0 Å². The first kappa shape index (κ1) is 23.5. The van der Waals surface area contributed by atoms with E-state index in [1.807, 2.05) is 44.2 Å². The van der Waals surface area contributed by atoms with Crippen LogP contribution >= 0.6 is 11.6 Å². The fourth-order valence-corrected chi connectivity index (χ4v) is 4.65. The Morgan fingerprint density at radius 2 is 1.76 bits per heavy atom. The number of ether oxygens (including phenoxy) is 1. The normalized spacial score (nSPS) is 21.1. The third-order valence-electron chi connectivity index (χ3n) is 6.35. The van der Waals surface area contributed by atoms with E-state index in [1.54, 1.807) is 17.0 Å². The molecule has 2 heterocycles. The van der Waals surface area contributed by atoms with Gasteiger partial charge in [-0.2, -0.15) is 0 Å². The molecule has 2 fully saturated rings. The lowest BCUT2D eigenvalue weighted by molar-refractivity contribution is -0.140. The van der Waals surface area contributed by atoms with Crippen molar-refractivity contribution < 1.29 is 19.4 Å². The maximum atomic E-state index is 13.2. The minimum atomic E-state index is -0.660. The molecule has 33 heavy (non-hydrogen) atoms. The van der Waals surface area contributed by atoms with E-state index >= 15 is 0 Å². The second-order valence-electron chi connectivity index (χ2n) is 8.67. The summed E-state index contributed by atoms with van der Waals surface area (Å²) in [4.78, 5) is 30.2. The predicted molar refractivity (Wildman–Crippen MR) is 128 cm³/mol. The number of aliphatic hydroxyl groups is 1. The van der Waals surface area contributed by atoms with Crippen molar-refractivity contribution in [3.8, 4) is 0 Å². The van der Waals surface area contributed by atoms with E-state index in [1.165, 1.54) is 0 Å². The highest BCUT2D eigenvalue weighted by atomic mass is 35.5. The summed E-state index contributed by atoms with van der Waals surface area (Å²) in [5, 5.41) is 11.8. The summed E-state index contributed by atoms with van der Waals surface area (Å²) >= 11 is 6.09. The zero-order valence-electron chi connectivity index (χ0n) is 19.0. The van der Waals surface area contributed by atoms with Gasteiger partial charge in [-0.05, 0) is 49.6 Å². The van der Waals surface area contributed by atoms with Gasteiger partial charge >= 0.3 is 0 Å². The highest BCUT2D eigenvalue weighted by Gasteiger charge is 2.45. The summed E-state index contributed by atoms with van der Waals surface area (Å²) < 4.78 is 5.40. The summed E-state index contributed by atoms with van der Waals surface area (Å²) in [6.45, 7) is 8.20. The average molecular weight is 469 g/mol. The highest BCUT2D eigenvalue weighted by Crippen LogP contribution is 2.40. The molecule has 1 atom stereocenters.